The second-order valence-electron chi connectivity index (χ2n) is 4.64. The minimum absolute atomic E-state index is 0.746. The van der Waals surface area contributed by atoms with E-state index in [0.717, 1.165) is 42.2 Å². The molecule has 0 saturated heterocycles. The van der Waals surface area contributed by atoms with Crippen LogP contribution in [0.5, 0.6) is 0 Å². The molecule has 0 amide bonds. The van der Waals surface area contributed by atoms with Crippen molar-refractivity contribution in [3.63, 3.8) is 0 Å². The van der Waals surface area contributed by atoms with Crippen LogP contribution in [0.15, 0.2) is 23.1 Å². The van der Waals surface area contributed by atoms with Gasteiger partial charge in [0.15, 0.2) is 4.90 Å². The molecule has 1 heterocycles. The maximum atomic E-state index is 12.2. The molecule has 1 atom stereocenters. The SMILES string of the molecule is CN(C)CCCN1Cc2cc(N)ccc2[S+]1[O-]. The van der Waals surface area contributed by atoms with Crippen molar-refractivity contribution in [2.24, 2.45) is 0 Å². The fraction of sp³-hybridized carbons (Fsp3) is 0.500. The van der Waals surface area contributed by atoms with Crippen LogP contribution in [-0.2, 0) is 17.9 Å². The summed E-state index contributed by atoms with van der Waals surface area (Å²) >= 11 is -0.999. The zero-order valence-corrected chi connectivity index (χ0v) is 11.2. The van der Waals surface area contributed by atoms with Crippen LogP contribution in [0.25, 0.3) is 0 Å². The van der Waals surface area contributed by atoms with E-state index in [1.807, 2.05) is 22.5 Å². The van der Waals surface area contributed by atoms with Gasteiger partial charge in [0.25, 0.3) is 0 Å². The van der Waals surface area contributed by atoms with Crippen molar-refractivity contribution in [1.29, 1.82) is 0 Å². The number of hydrogen-bond acceptors (Lipinski definition) is 4. The van der Waals surface area contributed by atoms with Crippen LogP contribution in [-0.4, -0.2) is 40.9 Å². The summed E-state index contributed by atoms with van der Waals surface area (Å²) in [5.41, 5.74) is 7.59. The lowest BCUT2D eigenvalue weighted by Crippen LogP contribution is -2.27. The van der Waals surface area contributed by atoms with Crippen LogP contribution in [0.3, 0.4) is 0 Å². The fourth-order valence-electron chi connectivity index (χ4n) is 2.01. The van der Waals surface area contributed by atoms with E-state index in [9.17, 15) is 4.55 Å². The van der Waals surface area contributed by atoms with Crippen molar-refractivity contribution in [2.75, 3.05) is 32.9 Å². The largest absolute Gasteiger partial charge is 0.593 e. The molecule has 4 nitrogen and oxygen atoms in total. The average molecular weight is 253 g/mol. The molecule has 1 aromatic carbocycles. The smallest absolute Gasteiger partial charge is 0.178 e. The molecule has 1 aliphatic heterocycles. The van der Waals surface area contributed by atoms with Crippen molar-refractivity contribution in [2.45, 2.75) is 17.9 Å². The van der Waals surface area contributed by atoms with Gasteiger partial charge in [0.1, 0.15) is 0 Å². The monoisotopic (exact) mass is 253 g/mol. The Labute approximate surface area is 106 Å². The standard InChI is InChI=1S/C12H19N3OS/c1-14(2)6-3-7-15-9-10-8-11(13)4-5-12(10)17(15)16/h4-5,8H,3,6-7,9,13H2,1-2H3. The number of nitrogens with two attached hydrogens (primary N) is 1. The highest BCUT2D eigenvalue weighted by atomic mass is 32.2. The molecule has 0 aliphatic carbocycles. The first kappa shape index (κ1) is 12.7. The molecule has 17 heavy (non-hydrogen) atoms. The summed E-state index contributed by atoms with van der Waals surface area (Å²) in [6.07, 6.45) is 1.03. The van der Waals surface area contributed by atoms with E-state index >= 15 is 0 Å². The summed E-state index contributed by atoms with van der Waals surface area (Å²) in [7, 11) is 4.10. The summed E-state index contributed by atoms with van der Waals surface area (Å²) < 4.78 is 14.2. The molecular formula is C12H19N3OS. The number of anilines is 1. The van der Waals surface area contributed by atoms with Crippen LogP contribution in [0.1, 0.15) is 12.0 Å². The molecule has 2 rings (SSSR count). The van der Waals surface area contributed by atoms with Crippen molar-refractivity contribution in [3.8, 4) is 0 Å². The molecule has 5 heteroatoms. The Hall–Kier alpha value is -0.750. The summed E-state index contributed by atoms with van der Waals surface area (Å²) in [5.74, 6) is 0. The first-order chi connectivity index (χ1) is 8.08. The van der Waals surface area contributed by atoms with Gasteiger partial charge in [-0.1, -0.05) is 0 Å². The zero-order chi connectivity index (χ0) is 12.4. The maximum absolute atomic E-state index is 12.2. The molecule has 0 bridgehead atoms. The van der Waals surface area contributed by atoms with Crippen LogP contribution in [0.4, 0.5) is 5.69 Å². The van der Waals surface area contributed by atoms with Gasteiger partial charge in [0.05, 0.1) is 17.9 Å². The quantitative estimate of drug-likeness (QED) is 0.644. The second-order valence-corrected chi connectivity index (χ2v) is 6.09. The summed E-state index contributed by atoms with van der Waals surface area (Å²) in [6.45, 7) is 2.63. The van der Waals surface area contributed by atoms with E-state index in [1.165, 1.54) is 0 Å². The number of nitrogen functional groups attached to an aromatic ring is 1. The Bertz CT molecular complexity index is 397. The molecule has 0 spiro atoms. The van der Waals surface area contributed by atoms with Crippen molar-refractivity contribution in [1.82, 2.24) is 9.21 Å². The van der Waals surface area contributed by atoms with Crippen molar-refractivity contribution >= 4 is 17.0 Å². The van der Waals surface area contributed by atoms with Crippen LogP contribution >= 0.6 is 0 Å². The van der Waals surface area contributed by atoms with Crippen molar-refractivity contribution < 1.29 is 4.55 Å². The first-order valence-corrected chi connectivity index (χ1v) is 6.88. The molecule has 0 fully saturated rings. The maximum Gasteiger partial charge on any atom is 0.178 e. The van der Waals surface area contributed by atoms with Gasteiger partial charge in [0, 0.05) is 17.8 Å². The van der Waals surface area contributed by atoms with Gasteiger partial charge in [-0.3, -0.25) is 0 Å². The number of nitrogens with zero attached hydrogens (tertiary/aromatic N) is 2. The lowest BCUT2D eigenvalue weighted by molar-refractivity contribution is 0.353. The lowest BCUT2D eigenvalue weighted by atomic mass is 10.2. The van der Waals surface area contributed by atoms with E-state index in [2.05, 4.69) is 19.0 Å². The molecule has 0 aromatic heterocycles. The molecular weight excluding hydrogens is 234 g/mol. The Balaban J connectivity index is 1.97. The fourth-order valence-corrected chi connectivity index (χ4v) is 3.37. The summed E-state index contributed by atoms with van der Waals surface area (Å²) in [5, 5.41) is 0. The summed E-state index contributed by atoms with van der Waals surface area (Å²) in [6, 6.07) is 5.63. The van der Waals surface area contributed by atoms with Crippen LogP contribution in [0, 0.1) is 0 Å². The highest BCUT2D eigenvalue weighted by Gasteiger charge is 2.33. The molecule has 1 aromatic rings. The number of benzene rings is 1. The van der Waals surface area contributed by atoms with E-state index in [-0.39, 0.29) is 0 Å². The third-order valence-corrected chi connectivity index (χ3v) is 4.42. The Morgan fingerprint density at radius 2 is 2.24 bits per heavy atom. The molecule has 1 unspecified atom stereocenters. The van der Waals surface area contributed by atoms with Gasteiger partial charge in [-0.25, -0.2) is 0 Å². The number of hydrogen-bond donors (Lipinski definition) is 1. The van der Waals surface area contributed by atoms with Gasteiger partial charge in [-0.05, 0) is 45.3 Å². The van der Waals surface area contributed by atoms with E-state index in [1.54, 1.807) is 0 Å². The Morgan fingerprint density at radius 1 is 1.47 bits per heavy atom. The predicted octanol–water partition coefficient (Wildman–Crippen LogP) is 1.06. The normalized spacial score (nSPS) is 19.9. The lowest BCUT2D eigenvalue weighted by Gasteiger charge is -2.17. The third-order valence-electron chi connectivity index (χ3n) is 2.87. The Kier molecular flexibility index (Phi) is 3.93. The first-order valence-electron chi connectivity index (χ1n) is 5.78. The van der Waals surface area contributed by atoms with Crippen molar-refractivity contribution in [3.05, 3.63) is 23.8 Å². The van der Waals surface area contributed by atoms with Crippen LogP contribution < -0.4 is 5.73 Å². The van der Waals surface area contributed by atoms with E-state index in [0.29, 0.717) is 0 Å². The van der Waals surface area contributed by atoms with Gasteiger partial charge in [-0.2, -0.15) is 0 Å². The second kappa shape index (κ2) is 5.27. The topological polar surface area (TPSA) is 55.6 Å². The molecule has 94 valence electrons. The number of rotatable bonds is 4. The minimum Gasteiger partial charge on any atom is -0.593 e. The van der Waals surface area contributed by atoms with Gasteiger partial charge < -0.3 is 15.2 Å². The molecule has 0 saturated carbocycles. The Morgan fingerprint density at radius 3 is 2.94 bits per heavy atom. The highest BCUT2D eigenvalue weighted by Crippen LogP contribution is 2.31. The van der Waals surface area contributed by atoms with E-state index < -0.39 is 11.4 Å². The predicted molar refractivity (Wildman–Crippen MR) is 70.8 cm³/mol. The zero-order valence-electron chi connectivity index (χ0n) is 10.3. The third kappa shape index (κ3) is 2.93. The number of fused-ring (bicyclic) bond motifs is 1. The minimum atomic E-state index is -0.999. The molecule has 0 radical (unpaired) electrons. The van der Waals surface area contributed by atoms with E-state index in [4.69, 9.17) is 5.73 Å². The van der Waals surface area contributed by atoms with Crippen LogP contribution in [0.2, 0.25) is 0 Å². The molecule has 1 aliphatic rings. The summed E-state index contributed by atoms with van der Waals surface area (Å²) in [4.78, 5) is 3.06. The van der Waals surface area contributed by atoms with Gasteiger partial charge in [-0.15, -0.1) is 4.31 Å². The highest BCUT2D eigenvalue weighted by molar-refractivity contribution is 7.89. The average Bonchev–Trinajstić information content (AvgIpc) is 2.55. The van der Waals surface area contributed by atoms with Gasteiger partial charge >= 0.3 is 0 Å². The van der Waals surface area contributed by atoms with Gasteiger partial charge in [0.2, 0.25) is 0 Å². The molecule has 2 N–H and O–H groups in total.